The van der Waals surface area contributed by atoms with Gasteiger partial charge >= 0.3 is 0 Å². The van der Waals surface area contributed by atoms with Crippen LogP contribution in [0.15, 0.2) is 72.8 Å². The first-order chi connectivity index (χ1) is 18.7. The van der Waals surface area contributed by atoms with Crippen LogP contribution >= 0.6 is 0 Å². The van der Waals surface area contributed by atoms with Crippen LogP contribution in [0.2, 0.25) is 0 Å². The maximum Gasteiger partial charge on any atom is 0.104 e. The average molecular weight is 501 g/mol. The van der Waals surface area contributed by atoms with Crippen molar-refractivity contribution < 1.29 is 0 Å². The lowest BCUT2D eigenvalue weighted by Gasteiger charge is -2.25. The lowest BCUT2D eigenvalue weighted by atomic mass is 9.79. The van der Waals surface area contributed by atoms with Gasteiger partial charge in [-0.3, -0.25) is 4.98 Å². The zero-order valence-corrected chi connectivity index (χ0v) is 23.1. The Labute approximate surface area is 228 Å². The Morgan fingerprint density at radius 1 is 0.816 bits per heavy atom. The first kappa shape index (κ1) is 26.2. The van der Waals surface area contributed by atoms with Gasteiger partial charge in [0.25, 0.3) is 0 Å². The molecule has 1 aliphatic carbocycles. The number of nitrogens with zero attached hydrogens (tertiary/aromatic N) is 2. The number of fused-ring (bicyclic) bond motifs is 2. The largest absolute Gasteiger partial charge is 0.256 e. The minimum Gasteiger partial charge on any atom is -0.256 e. The second-order valence-electron chi connectivity index (χ2n) is 11.1. The Balaban J connectivity index is 1.64. The summed E-state index contributed by atoms with van der Waals surface area (Å²) < 4.78 is 0. The van der Waals surface area contributed by atoms with E-state index >= 15 is 0 Å². The second kappa shape index (κ2) is 12.0. The predicted octanol–water partition coefficient (Wildman–Crippen LogP) is 9.32. The summed E-state index contributed by atoms with van der Waals surface area (Å²) in [4.78, 5) is 5.45. The van der Waals surface area contributed by atoms with E-state index in [9.17, 15) is 5.26 Å². The van der Waals surface area contributed by atoms with Gasteiger partial charge in [-0.2, -0.15) is 5.26 Å². The SMILES string of the molecule is CCCCCc1nc2c(c(-c3ccccc3)c1CCCCC)CCC2(C#N)Cc1ccc2ccccc2c1. The molecule has 5 rings (SSSR count). The molecule has 0 saturated heterocycles. The average Bonchev–Trinajstić information content (AvgIpc) is 3.31. The number of aryl methyl sites for hydroxylation is 1. The lowest BCUT2D eigenvalue weighted by molar-refractivity contribution is 0.526. The van der Waals surface area contributed by atoms with E-state index in [-0.39, 0.29) is 0 Å². The van der Waals surface area contributed by atoms with Crippen LogP contribution in [-0.2, 0) is 31.1 Å². The quantitative estimate of drug-likeness (QED) is 0.192. The molecular weight excluding hydrogens is 460 g/mol. The van der Waals surface area contributed by atoms with Crippen LogP contribution in [0.1, 0.15) is 86.9 Å². The summed E-state index contributed by atoms with van der Waals surface area (Å²) in [6.45, 7) is 4.53. The molecule has 0 bridgehead atoms. The fourth-order valence-corrected chi connectivity index (χ4v) is 6.35. The van der Waals surface area contributed by atoms with Crippen LogP contribution in [0.5, 0.6) is 0 Å². The number of aromatic nitrogens is 1. The molecule has 1 heterocycles. The Hall–Kier alpha value is -3.44. The fraction of sp³-hybridized carbons (Fsp3) is 0.389. The predicted molar refractivity (Wildman–Crippen MR) is 159 cm³/mol. The molecule has 0 saturated carbocycles. The van der Waals surface area contributed by atoms with Crippen molar-refractivity contribution in [3.05, 3.63) is 101 Å². The molecule has 1 aromatic heterocycles. The van der Waals surface area contributed by atoms with Crippen LogP contribution in [0.4, 0.5) is 0 Å². The minimum atomic E-state index is -0.581. The van der Waals surface area contributed by atoms with Crippen molar-refractivity contribution in [1.29, 1.82) is 5.26 Å². The highest BCUT2D eigenvalue weighted by atomic mass is 14.8. The van der Waals surface area contributed by atoms with Crippen molar-refractivity contribution in [3.8, 4) is 17.2 Å². The highest BCUT2D eigenvalue weighted by Crippen LogP contribution is 2.46. The molecule has 1 atom stereocenters. The van der Waals surface area contributed by atoms with Gasteiger partial charge in [-0.05, 0) is 83.5 Å². The molecule has 2 nitrogen and oxygen atoms in total. The molecule has 0 radical (unpaired) electrons. The summed E-state index contributed by atoms with van der Waals surface area (Å²) in [5.41, 5.74) is 8.37. The van der Waals surface area contributed by atoms with Gasteiger partial charge in [0.05, 0.1) is 11.8 Å². The van der Waals surface area contributed by atoms with Gasteiger partial charge < -0.3 is 0 Å². The number of pyridine rings is 1. The molecule has 1 unspecified atom stereocenters. The van der Waals surface area contributed by atoms with E-state index < -0.39 is 5.41 Å². The highest BCUT2D eigenvalue weighted by molar-refractivity contribution is 5.83. The van der Waals surface area contributed by atoms with Crippen molar-refractivity contribution in [3.63, 3.8) is 0 Å². The van der Waals surface area contributed by atoms with Crippen molar-refractivity contribution in [2.24, 2.45) is 0 Å². The van der Waals surface area contributed by atoms with Crippen LogP contribution < -0.4 is 0 Å². The standard InChI is InChI=1S/C36H40N2/c1-3-5-8-18-31-33(19-9-6-4-2)38-35-32(34(31)29-15-10-7-11-16-29)22-23-36(35,26-37)25-27-20-21-28-14-12-13-17-30(28)24-27/h7,10-17,20-21,24H,3-6,8-9,18-19,22-23,25H2,1-2H3. The highest BCUT2D eigenvalue weighted by Gasteiger charge is 2.43. The zero-order chi connectivity index (χ0) is 26.4. The summed E-state index contributed by atoms with van der Waals surface area (Å²) in [5, 5.41) is 13.2. The number of rotatable bonds is 11. The maximum atomic E-state index is 10.8. The van der Waals surface area contributed by atoms with Gasteiger partial charge in [0.15, 0.2) is 0 Å². The molecule has 0 fully saturated rings. The summed E-state index contributed by atoms with van der Waals surface area (Å²) in [7, 11) is 0. The Bertz CT molecular complexity index is 1430. The third-order valence-corrected chi connectivity index (χ3v) is 8.38. The van der Waals surface area contributed by atoms with Crippen molar-refractivity contribution in [2.75, 3.05) is 0 Å². The molecule has 1 aliphatic rings. The normalized spacial score (nSPS) is 16.4. The summed E-state index contributed by atoms with van der Waals surface area (Å²) in [5.74, 6) is 0. The van der Waals surface area contributed by atoms with E-state index in [2.05, 4.69) is 92.7 Å². The first-order valence-electron chi connectivity index (χ1n) is 14.7. The third-order valence-electron chi connectivity index (χ3n) is 8.38. The van der Waals surface area contributed by atoms with E-state index in [0.717, 1.165) is 37.8 Å². The Kier molecular flexibility index (Phi) is 8.23. The number of benzene rings is 3. The second-order valence-corrected chi connectivity index (χ2v) is 11.1. The molecule has 2 heteroatoms. The Morgan fingerprint density at radius 2 is 1.53 bits per heavy atom. The molecule has 0 spiro atoms. The van der Waals surface area contributed by atoms with E-state index in [1.54, 1.807) is 0 Å². The van der Waals surface area contributed by atoms with Gasteiger partial charge in [0, 0.05) is 5.69 Å². The van der Waals surface area contributed by atoms with Gasteiger partial charge in [0.1, 0.15) is 5.41 Å². The van der Waals surface area contributed by atoms with E-state index in [0.29, 0.717) is 6.42 Å². The summed E-state index contributed by atoms with van der Waals surface area (Å²) in [6.07, 6.45) is 11.8. The first-order valence-corrected chi connectivity index (χ1v) is 14.7. The molecule has 3 aromatic carbocycles. The molecule has 4 aromatic rings. The topological polar surface area (TPSA) is 36.7 Å². The molecule has 38 heavy (non-hydrogen) atoms. The molecule has 0 amide bonds. The lowest BCUT2D eigenvalue weighted by Crippen LogP contribution is -2.26. The van der Waals surface area contributed by atoms with Crippen molar-refractivity contribution in [2.45, 2.75) is 89.9 Å². The van der Waals surface area contributed by atoms with E-state index in [1.807, 2.05) is 0 Å². The number of hydrogen-bond donors (Lipinski definition) is 0. The smallest absolute Gasteiger partial charge is 0.104 e. The number of unbranched alkanes of at least 4 members (excludes halogenated alkanes) is 4. The fourth-order valence-electron chi connectivity index (χ4n) is 6.35. The Morgan fingerprint density at radius 3 is 2.26 bits per heavy atom. The molecule has 0 N–H and O–H groups in total. The van der Waals surface area contributed by atoms with Crippen LogP contribution in [0.25, 0.3) is 21.9 Å². The molecular formula is C36H40N2. The summed E-state index contributed by atoms with van der Waals surface area (Å²) in [6, 6.07) is 28.9. The summed E-state index contributed by atoms with van der Waals surface area (Å²) >= 11 is 0. The van der Waals surface area contributed by atoms with Crippen LogP contribution in [-0.4, -0.2) is 4.98 Å². The van der Waals surface area contributed by atoms with Crippen molar-refractivity contribution >= 4 is 10.8 Å². The van der Waals surface area contributed by atoms with Gasteiger partial charge in [-0.1, -0.05) is 112 Å². The van der Waals surface area contributed by atoms with Crippen molar-refractivity contribution in [1.82, 2.24) is 4.98 Å². The monoisotopic (exact) mass is 500 g/mol. The van der Waals surface area contributed by atoms with Crippen LogP contribution in [0, 0.1) is 11.3 Å². The van der Waals surface area contributed by atoms with Gasteiger partial charge in [-0.25, -0.2) is 0 Å². The third kappa shape index (κ3) is 5.25. The van der Waals surface area contributed by atoms with E-state index in [4.69, 9.17) is 4.98 Å². The van der Waals surface area contributed by atoms with Crippen LogP contribution in [0.3, 0.4) is 0 Å². The maximum absolute atomic E-state index is 10.8. The van der Waals surface area contributed by atoms with Gasteiger partial charge in [-0.15, -0.1) is 0 Å². The zero-order valence-electron chi connectivity index (χ0n) is 23.1. The minimum absolute atomic E-state index is 0.581. The van der Waals surface area contributed by atoms with Gasteiger partial charge in [0.2, 0.25) is 0 Å². The molecule has 0 aliphatic heterocycles. The van der Waals surface area contributed by atoms with E-state index in [1.165, 1.54) is 76.4 Å². The number of nitriles is 1. The molecule has 194 valence electrons. The number of hydrogen-bond acceptors (Lipinski definition) is 2.